The molecule has 0 aliphatic carbocycles. The van der Waals surface area contributed by atoms with Gasteiger partial charge in [-0.05, 0) is 36.4 Å². The molecule has 2 aromatic heterocycles. The van der Waals surface area contributed by atoms with Gasteiger partial charge >= 0.3 is 0 Å². The zero-order valence-electron chi connectivity index (χ0n) is 15.7. The predicted molar refractivity (Wildman–Crippen MR) is 113 cm³/mol. The Hall–Kier alpha value is -3.65. The largest absolute Gasteiger partial charge is 0.307 e. The highest BCUT2D eigenvalue weighted by Gasteiger charge is 2.15. The third-order valence-corrected chi connectivity index (χ3v) is 5.44. The fourth-order valence-electron chi connectivity index (χ4n) is 2.88. The molecule has 0 aliphatic rings. The molecule has 0 unspecified atom stereocenters. The Balaban J connectivity index is 1.42. The van der Waals surface area contributed by atoms with E-state index in [0.717, 1.165) is 16.2 Å². The van der Waals surface area contributed by atoms with Crippen LogP contribution in [0.4, 0.5) is 4.39 Å². The minimum Gasteiger partial charge on any atom is -0.307 e. The molecule has 0 radical (unpaired) electrons. The number of hydrogen-bond acceptors (Lipinski definition) is 4. The molecule has 0 saturated heterocycles. The van der Waals surface area contributed by atoms with E-state index in [9.17, 15) is 14.0 Å². The van der Waals surface area contributed by atoms with Crippen molar-refractivity contribution in [2.24, 2.45) is 0 Å². The number of benzene rings is 2. The number of hydrogen-bond donors (Lipinski definition) is 2. The van der Waals surface area contributed by atoms with Crippen molar-refractivity contribution in [2.45, 2.75) is 10.6 Å². The van der Waals surface area contributed by atoms with Crippen LogP contribution in [0.25, 0.3) is 5.65 Å². The summed E-state index contributed by atoms with van der Waals surface area (Å²) in [7, 11) is 0. The first-order valence-electron chi connectivity index (χ1n) is 9.11. The quantitative estimate of drug-likeness (QED) is 0.380. The first kappa shape index (κ1) is 19.7. The summed E-state index contributed by atoms with van der Waals surface area (Å²) >= 11 is 1.47. The van der Waals surface area contributed by atoms with Crippen molar-refractivity contribution in [3.8, 4) is 0 Å². The minimum atomic E-state index is -0.726. The summed E-state index contributed by atoms with van der Waals surface area (Å²) in [6.07, 6.45) is 3.87. The van der Waals surface area contributed by atoms with Crippen LogP contribution in [0.1, 0.15) is 26.4 Å². The van der Waals surface area contributed by atoms with Crippen LogP contribution in [0.5, 0.6) is 0 Å². The molecule has 2 aromatic carbocycles. The van der Waals surface area contributed by atoms with E-state index < -0.39 is 17.6 Å². The lowest BCUT2D eigenvalue weighted by Crippen LogP contribution is -2.42. The Labute approximate surface area is 176 Å². The molecule has 30 heavy (non-hydrogen) atoms. The van der Waals surface area contributed by atoms with Gasteiger partial charge in [-0.3, -0.25) is 20.4 Å². The molecule has 6 nitrogen and oxygen atoms in total. The highest BCUT2D eigenvalue weighted by molar-refractivity contribution is 7.98. The number of aromatic nitrogens is 2. The number of halogens is 1. The van der Waals surface area contributed by atoms with Gasteiger partial charge in [-0.15, -0.1) is 11.8 Å². The van der Waals surface area contributed by atoms with Gasteiger partial charge in [0.25, 0.3) is 11.8 Å². The molecule has 0 fully saturated rings. The third kappa shape index (κ3) is 4.33. The van der Waals surface area contributed by atoms with Crippen molar-refractivity contribution in [1.29, 1.82) is 0 Å². The molecule has 4 rings (SSSR count). The number of imidazole rings is 1. The van der Waals surface area contributed by atoms with Crippen molar-refractivity contribution in [3.63, 3.8) is 0 Å². The Kier molecular flexibility index (Phi) is 5.76. The van der Waals surface area contributed by atoms with Crippen LogP contribution in [0, 0.1) is 5.82 Å². The monoisotopic (exact) mass is 420 g/mol. The Morgan fingerprint density at radius 2 is 1.57 bits per heavy atom. The van der Waals surface area contributed by atoms with Gasteiger partial charge in [0, 0.05) is 23.0 Å². The number of nitrogens with zero attached hydrogens (tertiary/aromatic N) is 2. The average Bonchev–Trinajstić information content (AvgIpc) is 3.19. The Morgan fingerprint density at radius 1 is 0.900 bits per heavy atom. The summed E-state index contributed by atoms with van der Waals surface area (Å²) < 4.78 is 15.6. The van der Waals surface area contributed by atoms with Crippen LogP contribution >= 0.6 is 11.8 Å². The standard InChI is InChI=1S/C22H17FN4O2S/c23-18-9-3-1-7-16(18)21(28)25-26-22(29)17-8-2-4-10-19(17)30-14-15-13-27-12-6-5-11-20(27)24-15/h1-13H,14H2,(H,25,28)(H,26,29). The lowest BCUT2D eigenvalue weighted by atomic mass is 10.2. The summed E-state index contributed by atoms with van der Waals surface area (Å²) in [5.74, 6) is -1.30. The minimum absolute atomic E-state index is 0.146. The average molecular weight is 420 g/mol. The van der Waals surface area contributed by atoms with Crippen molar-refractivity contribution < 1.29 is 14.0 Å². The number of thioether (sulfide) groups is 1. The molecule has 0 saturated carbocycles. The number of nitrogens with one attached hydrogen (secondary N) is 2. The van der Waals surface area contributed by atoms with E-state index >= 15 is 0 Å². The molecular formula is C22H17FN4O2S. The van der Waals surface area contributed by atoms with E-state index in [-0.39, 0.29) is 5.56 Å². The topological polar surface area (TPSA) is 75.5 Å². The van der Waals surface area contributed by atoms with E-state index in [4.69, 9.17) is 0 Å². The molecule has 4 aromatic rings. The predicted octanol–water partition coefficient (Wildman–Crippen LogP) is 3.84. The van der Waals surface area contributed by atoms with E-state index in [1.165, 1.54) is 30.0 Å². The molecule has 150 valence electrons. The van der Waals surface area contributed by atoms with Crippen LogP contribution in [0.3, 0.4) is 0 Å². The number of rotatable bonds is 5. The normalized spacial score (nSPS) is 10.7. The molecule has 8 heteroatoms. The first-order chi connectivity index (χ1) is 14.6. The van der Waals surface area contributed by atoms with E-state index in [1.807, 2.05) is 47.1 Å². The van der Waals surface area contributed by atoms with Gasteiger partial charge in [0.1, 0.15) is 11.5 Å². The van der Waals surface area contributed by atoms with Crippen LogP contribution in [-0.2, 0) is 5.75 Å². The molecule has 2 heterocycles. The summed E-state index contributed by atoms with van der Waals surface area (Å²) in [6, 6.07) is 18.4. The molecule has 2 N–H and O–H groups in total. The fraction of sp³-hybridized carbons (Fsp3) is 0.0455. The summed E-state index contributed by atoms with van der Waals surface area (Å²) in [6.45, 7) is 0. The van der Waals surface area contributed by atoms with Crippen LogP contribution in [-0.4, -0.2) is 21.2 Å². The van der Waals surface area contributed by atoms with Crippen LogP contribution in [0.2, 0.25) is 0 Å². The number of pyridine rings is 1. The van der Waals surface area contributed by atoms with Gasteiger partial charge in [0.05, 0.1) is 16.8 Å². The lowest BCUT2D eigenvalue weighted by molar-refractivity contribution is 0.0842. The maximum atomic E-state index is 13.7. The van der Waals surface area contributed by atoms with Gasteiger partial charge in [-0.2, -0.15) is 0 Å². The summed E-state index contributed by atoms with van der Waals surface area (Å²) in [5.41, 5.74) is 6.60. The van der Waals surface area contributed by atoms with Gasteiger partial charge < -0.3 is 4.40 Å². The molecule has 0 atom stereocenters. The smallest absolute Gasteiger partial charge is 0.272 e. The number of carbonyl (C=O) groups is 2. The van der Waals surface area contributed by atoms with Crippen molar-refractivity contribution >= 4 is 29.2 Å². The van der Waals surface area contributed by atoms with Gasteiger partial charge in [-0.25, -0.2) is 9.37 Å². The van der Waals surface area contributed by atoms with E-state index in [2.05, 4.69) is 15.8 Å². The van der Waals surface area contributed by atoms with Crippen LogP contribution < -0.4 is 10.9 Å². The number of amides is 2. The second-order valence-electron chi connectivity index (χ2n) is 6.37. The van der Waals surface area contributed by atoms with Crippen molar-refractivity contribution in [1.82, 2.24) is 20.2 Å². The number of hydrazine groups is 1. The SMILES string of the molecule is O=C(NNC(=O)c1ccccc1SCc1cn2ccccc2n1)c1ccccc1F. The molecule has 0 aliphatic heterocycles. The van der Waals surface area contributed by atoms with Crippen molar-refractivity contribution in [3.05, 3.63) is 102 Å². The molecule has 2 amide bonds. The summed E-state index contributed by atoms with van der Waals surface area (Å²) in [4.78, 5) is 30.0. The van der Waals surface area contributed by atoms with Gasteiger partial charge in [-0.1, -0.05) is 30.3 Å². The first-order valence-corrected chi connectivity index (χ1v) is 10.1. The zero-order chi connectivity index (χ0) is 20.9. The molecule has 0 spiro atoms. The highest BCUT2D eigenvalue weighted by atomic mass is 32.2. The maximum Gasteiger partial charge on any atom is 0.272 e. The Morgan fingerprint density at radius 3 is 2.33 bits per heavy atom. The second kappa shape index (κ2) is 8.79. The highest BCUT2D eigenvalue weighted by Crippen LogP contribution is 2.26. The lowest BCUT2D eigenvalue weighted by Gasteiger charge is -2.11. The third-order valence-electron chi connectivity index (χ3n) is 4.33. The van der Waals surface area contributed by atoms with E-state index in [1.54, 1.807) is 18.2 Å². The number of fused-ring (bicyclic) bond motifs is 1. The number of carbonyl (C=O) groups excluding carboxylic acids is 2. The zero-order valence-corrected chi connectivity index (χ0v) is 16.5. The molecule has 0 bridgehead atoms. The van der Waals surface area contributed by atoms with Gasteiger partial charge in [0.15, 0.2) is 0 Å². The summed E-state index contributed by atoms with van der Waals surface area (Å²) in [5, 5.41) is 0. The molecular weight excluding hydrogens is 403 g/mol. The fourth-order valence-corrected chi connectivity index (χ4v) is 3.82. The van der Waals surface area contributed by atoms with Crippen LogP contribution in [0.15, 0.2) is 84.0 Å². The van der Waals surface area contributed by atoms with E-state index in [0.29, 0.717) is 11.3 Å². The van der Waals surface area contributed by atoms with Crippen molar-refractivity contribution in [2.75, 3.05) is 0 Å². The maximum absolute atomic E-state index is 13.7. The Bertz CT molecular complexity index is 1190. The second-order valence-corrected chi connectivity index (χ2v) is 7.39. The van der Waals surface area contributed by atoms with Gasteiger partial charge in [0.2, 0.25) is 0 Å².